The highest BCUT2D eigenvalue weighted by molar-refractivity contribution is 6.32. The van der Waals surface area contributed by atoms with E-state index in [0.29, 0.717) is 5.69 Å². The van der Waals surface area contributed by atoms with Crippen molar-refractivity contribution in [1.82, 2.24) is 10.2 Å². The van der Waals surface area contributed by atoms with Gasteiger partial charge in [-0.25, -0.2) is 0 Å². The number of hydrogen-bond donors (Lipinski definition) is 5. The van der Waals surface area contributed by atoms with Gasteiger partial charge in [-0.2, -0.15) is 5.10 Å². The fourth-order valence-corrected chi connectivity index (χ4v) is 2.62. The monoisotopic (exact) mass is 373 g/mol. The van der Waals surface area contributed by atoms with E-state index in [-0.39, 0.29) is 33.3 Å². The topological polar surface area (TPSA) is 118 Å². The summed E-state index contributed by atoms with van der Waals surface area (Å²) in [7, 11) is 0. The fraction of sp³-hybridized carbons (Fsp3) is 0.111. The molecule has 5 N–H and O–H groups in total. The van der Waals surface area contributed by atoms with E-state index in [4.69, 9.17) is 11.6 Å². The van der Waals surface area contributed by atoms with Crippen LogP contribution in [0.15, 0.2) is 42.6 Å². The van der Waals surface area contributed by atoms with Crippen LogP contribution in [0.25, 0.3) is 11.3 Å². The molecule has 0 fully saturated rings. The summed E-state index contributed by atoms with van der Waals surface area (Å²) in [6.45, 7) is 1.65. The number of hydrogen-bond acceptors (Lipinski definition) is 5. The molecule has 1 amide bonds. The molecule has 3 aromatic rings. The Balaban J connectivity index is 1.88. The number of anilines is 1. The smallest absolute Gasteiger partial charge is 0.259 e. The van der Waals surface area contributed by atoms with Gasteiger partial charge in [0.05, 0.1) is 28.6 Å². The van der Waals surface area contributed by atoms with E-state index < -0.39 is 12.0 Å². The van der Waals surface area contributed by atoms with Crippen molar-refractivity contribution in [2.45, 2.75) is 13.0 Å². The summed E-state index contributed by atoms with van der Waals surface area (Å²) in [5.41, 5.74) is 1.97. The molecule has 26 heavy (non-hydrogen) atoms. The van der Waals surface area contributed by atoms with E-state index >= 15 is 0 Å². The molecule has 1 heterocycles. The largest absolute Gasteiger partial charge is 0.507 e. The van der Waals surface area contributed by atoms with Crippen LogP contribution in [-0.4, -0.2) is 31.4 Å². The Morgan fingerprint density at radius 2 is 1.88 bits per heavy atom. The summed E-state index contributed by atoms with van der Waals surface area (Å²) in [5, 5.41) is 38.4. The molecule has 7 nitrogen and oxygen atoms in total. The lowest BCUT2D eigenvalue weighted by Gasteiger charge is -2.09. The first-order valence-corrected chi connectivity index (χ1v) is 8.09. The Hall–Kier alpha value is -3.03. The standard InChI is InChI=1S/C18H16ClN3O4/c1-9(23)10-2-4-11(5-3-10)21-18(26)13-8-20-22-17(13)12-6-14(19)16(25)7-15(12)24/h2-9,23-25H,1H3,(H,20,22)(H,21,26). The molecule has 3 rings (SSSR count). The minimum absolute atomic E-state index is 0.0347. The van der Waals surface area contributed by atoms with Gasteiger partial charge in [0.25, 0.3) is 5.91 Å². The molecule has 0 saturated carbocycles. The van der Waals surface area contributed by atoms with Gasteiger partial charge < -0.3 is 20.6 Å². The number of carbonyl (C=O) groups excluding carboxylic acids is 1. The van der Waals surface area contributed by atoms with Gasteiger partial charge in [-0.3, -0.25) is 9.89 Å². The number of aromatic amines is 1. The number of benzene rings is 2. The van der Waals surface area contributed by atoms with Crippen molar-refractivity contribution in [2.24, 2.45) is 0 Å². The van der Waals surface area contributed by atoms with Gasteiger partial charge in [0.1, 0.15) is 11.5 Å². The van der Waals surface area contributed by atoms with Crippen molar-refractivity contribution in [3.05, 3.63) is 58.7 Å². The molecular weight excluding hydrogens is 358 g/mol. The molecule has 0 aliphatic heterocycles. The van der Waals surface area contributed by atoms with Crippen LogP contribution in [0.4, 0.5) is 5.69 Å². The Labute approximate surface area is 153 Å². The van der Waals surface area contributed by atoms with Crippen LogP contribution in [0, 0.1) is 0 Å². The third-order valence-electron chi connectivity index (χ3n) is 3.87. The van der Waals surface area contributed by atoms with Crippen molar-refractivity contribution in [3.8, 4) is 22.8 Å². The molecule has 8 heteroatoms. The maximum absolute atomic E-state index is 12.6. The van der Waals surface area contributed by atoms with Crippen LogP contribution in [0.1, 0.15) is 28.9 Å². The average Bonchev–Trinajstić information content (AvgIpc) is 3.08. The number of nitrogens with zero attached hydrogens (tertiary/aromatic N) is 1. The van der Waals surface area contributed by atoms with Gasteiger partial charge >= 0.3 is 0 Å². The summed E-state index contributed by atoms with van der Waals surface area (Å²) >= 11 is 5.89. The van der Waals surface area contributed by atoms with E-state index in [2.05, 4.69) is 15.5 Å². The van der Waals surface area contributed by atoms with Crippen LogP contribution in [-0.2, 0) is 0 Å². The SMILES string of the molecule is CC(O)c1ccc(NC(=O)c2cn[nH]c2-c2cc(Cl)c(O)cc2O)cc1. The number of aliphatic hydroxyl groups is 1. The Morgan fingerprint density at radius 1 is 1.19 bits per heavy atom. The average molecular weight is 374 g/mol. The summed E-state index contributed by atoms with van der Waals surface area (Å²) in [6.07, 6.45) is 0.733. The second-order valence-corrected chi connectivity index (χ2v) is 6.14. The molecule has 0 aliphatic carbocycles. The molecule has 0 saturated heterocycles. The van der Waals surface area contributed by atoms with Crippen LogP contribution in [0.5, 0.6) is 11.5 Å². The number of nitrogens with one attached hydrogen (secondary N) is 2. The van der Waals surface area contributed by atoms with Crippen molar-refractivity contribution >= 4 is 23.2 Å². The first-order valence-electron chi connectivity index (χ1n) is 7.71. The van der Waals surface area contributed by atoms with Gasteiger partial charge in [0, 0.05) is 17.3 Å². The number of amides is 1. The molecule has 0 aliphatic rings. The van der Waals surface area contributed by atoms with Crippen molar-refractivity contribution in [1.29, 1.82) is 0 Å². The zero-order valence-corrected chi connectivity index (χ0v) is 14.4. The fourth-order valence-electron chi connectivity index (χ4n) is 2.46. The van der Waals surface area contributed by atoms with Crippen molar-refractivity contribution in [2.75, 3.05) is 5.32 Å². The number of carbonyl (C=O) groups is 1. The Bertz CT molecular complexity index is 952. The molecule has 1 atom stereocenters. The van der Waals surface area contributed by atoms with Crippen LogP contribution < -0.4 is 5.32 Å². The molecule has 2 aromatic carbocycles. The highest BCUT2D eigenvalue weighted by atomic mass is 35.5. The maximum atomic E-state index is 12.6. The molecule has 1 aromatic heterocycles. The number of phenolic OH excluding ortho intramolecular Hbond substituents is 2. The number of halogens is 1. The minimum atomic E-state index is -0.595. The molecule has 0 spiro atoms. The number of aromatic nitrogens is 2. The predicted octanol–water partition coefficient (Wildman–Crippen LogP) is 3.45. The zero-order valence-electron chi connectivity index (χ0n) is 13.7. The molecule has 1 unspecified atom stereocenters. The van der Waals surface area contributed by atoms with E-state index in [1.54, 1.807) is 31.2 Å². The number of aromatic hydroxyl groups is 2. The van der Waals surface area contributed by atoms with Crippen molar-refractivity contribution in [3.63, 3.8) is 0 Å². The molecule has 0 radical (unpaired) electrons. The number of phenols is 2. The van der Waals surface area contributed by atoms with Gasteiger partial charge in [0.15, 0.2) is 0 Å². The van der Waals surface area contributed by atoms with Gasteiger partial charge in [-0.1, -0.05) is 23.7 Å². The lowest BCUT2D eigenvalue weighted by molar-refractivity contribution is 0.102. The van der Waals surface area contributed by atoms with E-state index in [1.807, 2.05) is 0 Å². The first kappa shape index (κ1) is 17.8. The zero-order chi connectivity index (χ0) is 18.8. The second kappa shape index (κ2) is 7.07. The summed E-state index contributed by atoms with van der Waals surface area (Å²) in [6, 6.07) is 9.20. The van der Waals surface area contributed by atoms with Gasteiger partial charge in [-0.05, 0) is 30.7 Å². The molecule has 134 valence electrons. The van der Waals surface area contributed by atoms with Crippen LogP contribution in [0.3, 0.4) is 0 Å². The normalized spacial score (nSPS) is 12.0. The Kier molecular flexibility index (Phi) is 4.83. The quantitative estimate of drug-likeness (QED) is 0.480. The number of rotatable bonds is 4. The third-order valence-corrected chi connectivity index (χ3v) is 4.17. The lowest BCUT2D eigenvalue weighted by atomic mass is 10.1. The summed E-state index contributed by atoms with van der Waals surface area (Å²) in [5.74, 6) is -0.953. The second-order valence-electron chi connectivity index (χ2n) is 5.73. The van der Waals surface area contributed by atoms with E-state index in [1.165, 1.54) is 12.3 Å². The third kappa shape index (κ3) is 3.49. The van der Waals surface area contributed by atoms with Crippen LogP contribution in [0.2, 0.25) is 5.02 Å². The number of H-pyrrole nitrogens is 1. The minimum Gasteiger partial charge on any atom is -0.507 e. The lowest BCUT2D eigenvalue weighted by Crippen LogP contribution is -2.12. The van der Waals surface area contributed by atoms with Gasteiger partial charge in [0.2, 0.25) is 0 Å². The molecule has 0 bridgehead atoms. The number of aliphatic hydroxyl groups excluding tert-OH is 1. The maximum Gasteiger partial charge on any atom is 0.259 e. The highest BCUT2D eigenvalue weighted by Gasteiger charge is 2.19. The van der Waals surface area contributed by atoms with E-state index in [0.717, 1.165) is 11.6 Å². The van der Waals surface area contributed by atoms with Crippen LogP contribution >= 0.6 is 11.6 Å². The highest BCUT2D eigenvalue weighted by Crippen LogP contribution is 2.37. The summed E-state index contributed by atoms with van der Waals surface area (Å²) in [4.78, 5) is 12.6. The van der Waals surface area contributed by atoms with E-state index in [9.17, 15) is 20.1 Å². The Morgan fingerprint density at radius 3 is 2.54 bits per heavy atom. The van der Waals surface area contributed by atoms with Crippen molar-refractivity contribution < 1.29 is 20.1 Å². The van der Waals surface area contributed by atoms with Gasteiger partial charge in [-0.15, -0.1) is 0 Å². The molecular formula is C18H16ClN3O4. The predicted molar refractivity (Wildman–Crippen MR) is 97.4 cm³/mol. The first-order chi connectivity index (χ1) is 12.4. The summed E-state index contributed by atoms with van der Waals surface area (Å²) < 4.78 is 0.